The van der Waals surface area contributed by atoms with Crippen molar-refractivity contribution in [2.45, 2.75) is 13.8 Å². The zero-order chi connectivity index (χ0) is 15.7. The molecule has 0 aliphatic rings. The standard InChI is InChI=1S/C15H20N2O4/c1-3-17(10-11-21-4-2)15(20)14-12(6-5-9-16-14)7-8-13(18)19/h5-9H,3-4,10-11H2,1-2H3,(H,18,19)/b8-7+. The number of nitrogens with zero attached hydrogens (tertiary/aromatic N) is 2. The number of rotatable bonds is 8. The monoisotopic (exact) mass is 292 g/mol. The number of aliphatic carboxylic acids is 1. The van der Waals surface area contributed by atoms with Crippen LogP contribution in [0.15, 0.2) is 24.4 Å². The van der Waals surface area contributed by atoms with Crippen LogP contribution in [0, 0.1) is 0 Å². The van der Waals surface area contributed by atoms with Gasteiger partial charge in [-0.15, -0.1) is 0 Å². The fraction of sp³-hybridized carbons (Fsp3) is 0.400. The summed E-state index contributed by atoms with van der Waals surface area (Å²) in [5.41, 5.74) is 0.730. The molecule has 1 amide bonds. The molecule has 0 unspecified atom stereocenters. The molecule has 6 heteroatoms. The van der Waals surface area contributed by atoms with Gasteiger partial charge < -0.3 is 14.7 Å². The van der Waals surface area contributed by atoms with E-state index in [1.54, 1.807) is 17.0 Å². The van der Waals surface area contributed by atoms with E-state index in [2.05, 4.69) is 4.98 Å². The third-order valence-electron chi connectivity index (χ3n) is 2.83. The van der Waals surface area contributed by atoms with Gasteiger partial charge in [-0.1, -0.05) is 6.07 Å². The van der Waals surface area contributed by atoms with Gasteiger partial charge in [0.2, 0.25) is 0 Å². The van der Waals surface area contributed by atoms with Gasteiger partial charge in [-0.2, -0.15) is 0 Å². The van der Waals surface area contributed by atoms with Crippen molar-refractivity contribution in [2.24, 2.45) is 0 Å². The molecule has 0 spiro atoms. The Hall–Kier alpha value is -2.21. The van der Waals surface area contributed by atoms with E-state index in [0.29, 0.717) is 31.9 Å². The van der Waals surface area contributed by atoms with Crippen molar-refractivity contribution in [3.05, 3.63) is 35.7 Å². The molecular weight excluding hydrogens is 272 g/mol. The first-order valence-corrected chi connectivity index (χ1v) is 6.83. The molecule has 1 aromatic rings. The molecule has 0 aliphatic carbocycles. The summed E-state index contributed by atoms with van der Waals surface area (Å²) in [6.07, 6.45) is 3.88. The second-order valence-corrected chi connectivity index (χ2v) is 4.19. The summed E-state index contributed by atoms with van der Waals surface area (Å²) in [5.74, 6) is -1.30. The number of aromatic nitrogens is 1. The fourth-order valence-electron chi connectivity index (χ4n) is 1.76. The Kier molecular flexibility index (Phi) is 7.11. The van der Waals surface area contributed by atoms with Crippen molar-refractivity contribution in [3.63, 3.8) is 0 Å². The molecule has 0 bridgehead atoms. The minimum Gasteiger partial charge on any atom is -0.478 e. The highest BCUT2D eigenvalue weighted by Crippen LogP contribution is 2.11. The number of pyridine rings is 1. The van der Waals surface area contributed by atoms with Crippen LogP contribution in [0.2, 0.25) is 0 Å². The van der Waals surface area contributed by atoms with Gasteiger partial charge in [-0.05, 0) is 26.0 Å². The Bertz CT molecular complexity index is 514. The number of hydrogen-bond acceptors (Lipinski definition) is 4. The fourth-order valence-corrected chi connectivity index (χ4v) is 1.76. The number of carboxylic acids is 1. The molecule has 0 fully saturated rings. The molecule has 1 rings (SSSR count). The second kappa shape index (κ2) is 8.86. The summed E-state index contributed by atoms with van der Waals surface area (Å²) in [6.45, 7) is 5.84. The minimum atomic E-state index is -1.07. The lowest BCUT2D eigenvalue weighted by molar-refractivity contribution is -0.131. The van der Waals surface area contributed by atoms with Gasteiger partial charge >= 0.3 is 5.97 Å². The Balaban J connectivity index is 2.91. The normalized spacial score (nSPS) is 10.8. The van der Waals surface area contributed by atoms with E-state index >= 15 is 0 Å². The smallest absolute Gasteiger partial charge is 0.328 e. The largest absolute Gasteiger partial charge is 0.478 e. The van der Waals surface area contributed by atoms with Crippen LogP contribution in [-0.2, 0) is 9.53 Å². The summed E-state index contributed by atoms with van der Waals surface area (Å²) < 4.78 is 5.26. The number of carboxylic acid groups (broad SMARTS) is 1. The summed E-state index contributed by atoms with van der Waals surface area (Å²) in [5, 5.41) is 8.68. The van der Waals surface area contributed by atoms with Gasteiger partial charge in [0.05, 0.1) is 6.61 Å². The van der Waals surface area contributed by atoms with Crippen LogP contribution < -0.4 is 0 Å². The molecule has 0 aromatic carbocycles. The topological polar surface area (TPSA) is 79.7 Å². The molecule has 1 heterocycles. The average molecular weight is 292 g/mol. The van der Waals surface area contributed by atoms with Gasteiger partial charge in [-0.3, -0.25) is 9.78 Å². The zero-order valence-corrected chi connectivity index (χ0v) is 12.3. The van der Waals surface area contributed by atoms with Crippen molar-refractivity contribution >= 4 is 18.0 Å². The molecule has 0 saturated carbocycles. The van der Waals surface area contributed by atoms with Crippen molar-refractivity contribution < 1.29 is 19.4 Å². The van der Waals surface area contributed by atoms with Gasteiger partial charge in [0, 0.05) is 37.5 Å². The molecular formula is C15H20N2O4. The first-order chi connectivity index (χ1) is 10.1. The van der Waals surface area contributed by atoms with Gasteiger partial charge in [0.25, 0.3) is 5.91 Å². The van der Waals surface area contributed by atoms with E-state index in [0.717, 1.165) is 6.08 Å². The van der Waals surface area contributed by atoms with Crippen molar-refractivity contribution in [2.75, 3.05) is 26.3 Å². The first-order valence-electron chi connectivity index (χ1n) is 6.83. The lowest BCUT2D eigenvalue weighted by atomic mass is 10.1. The van der Waals surface area contributed by atoms with E-state index < -0.39 is 5.97 Å². The predicted molar refractivity (Wildman–Crippen MR) is 79.0 cm³/mol. The van der Waals surface area contributed by atoms with Crippen LogP contribution in [0.1, 0.15) is 29.9 Å². The molecule has 1 aromatic heterocycles. The van der Waals surface area contributed by atoms with Crippen LogP contribution in [0.5, 0.6) is 0 Å². The lowest BCUT2D eigenvalue weighted by Crippen LogP contribution is -2.34. The maximum Gasteiger partial charge on any atom is 0.328 e. The second-order valence-electron chi connectivity index (χ2n) is 4.19. The SMILES string of the molecule is CCOCCN(CC)C(=O)c1ncccc1/C=C/C(=O)O. The Morgan fingerprint density at radius 2 is 2.19 bits per heavy atom. The van der Waals surface area contributed by atoms with Gasteiger partial charge in [0.15, 0.2) is 0 Å². The van der Waals surface area contributed by atoms with Gasteiger partial charge in [0.1, 0.15) is 5.69 Å². The molecule has 6 nitrogen and oxygen atoms in total. The highest BCUT2D eigenvalue weighted by Gasteiger charge is 2.17. The summed E-state index contributed by atoms with van der Waals surface area (Å²) in [4.78, 5) is 28.8. The highest BCUT2D eigenvalue weighted by atomic mass is 16.5. The molecule has 0 aliphatic heterocycles. The number of carbonyl (C=O) groups excluding carboxylic acids is 1. The maximum atomic E-state index is 12.5. The first kappa shape index (κ1) is 16.8. The van der Waals surface area contributed by atoms with Crippen LogP contribution >= 0.6 is 0 Å². The van der Waals surface area contributed by atoms with E-state index in [1.165, 1.54) is 12.3 Å². The number of amides is 1. The average Bonchev–Trinajstić information content (AvgIpc) is 2.49. The number of hydrogen-bond donors (Lipinski definition) is 1. The van der Waals surface area contributed by atoms with Gasteiger partial charge in [-0.25, -0.2) is 4.79 Å². The predicted octanol–water partition coefficient (Wildman–Crippen LogP) is 1.68. The Morgan fingerprint density at radius 3 is 2.81 bits per heavy atom. The molecule has 0 radical (unpaired) electrons. The Labute approximate surface area is 124 Å². The zero-order valence-electron chi connectivity index (χ0n) is 12.3. The van der Waals surface area contributed by atoms with E-state index in [1.807, 2.05) is 13.8 Å². The molecule has 21 heavy (non-hydrogen) atoms. The van der Waals surface area contributed by atoms with Crippen molar-refractivity contribution in [3.8, 4) is 0 Å². The van der Waals surface area contributed by atoms with Crippen LogP contribution in [-0.4, -0.2) is 53.2 Å². The Morgan fingerprint density at radius 1 is 1.43 bits per heavy atom. The molecule has 0 saturated heterocycles. The minimum absolute atomic E-state index is 0.233. The third-order valence-corrected chi connectivity index (χ3v) is 2.83. The van der Waals surface area contributed by atoms with E-state index in [4.69, 9.17) is 9.84 Å². The third kappa shape index (κ3) is 5.35. The number of likely N-dealkylation sites (N-methyl/N-ethyl adjacent to an activating group) is 1. The van der Waals surface area contributed by atoms with Crippen LogP contribution in [0.4, 0.5) is 0 Å². The number of carbonyl (C=O) groups is 2. The van der Waals surface area contributed by atoms with Crippen molar-refractivity contribution in [1.29, 1.82) is 0 Å². The maximum absolute atomic E-state index is 12.5. The molecule has 0 atom stereocenters. The van der Waals surface area contributed by atoms with Crippen LogP contribution in [0.3, 0.4) is 0 Å². The summed E-state index contributed by atoms with van der Waals surface area (Å²) in [6, 6.07) is 3.32. The quantitative estimate of drug-likeness (QED) is 0.582. The van der Waals surface area contributed by atoms with E-state index in [9.17, 15) is 9.59 Å². The molecule has 114 valence electrons. The summed E-state index contributed by atoms with van der Waals surface area (Å²) in [7, 11) is 0. The lowest BCUT2D eigenvalue weighted by Gasteiger charge is -2.21. The number of ether oxygens (including phenoxy) is 1. The van der Waals surface area contributed by atoms with E-state index in [-0.39, 0.29) is 11.6 Å². The molecule has 1 N–H and O–H groups in total. The highest BCUT2D eigenvalue weighted by molar-refractivity contribution is 5.97. The van der Waals surface area contributed by atoms with Crippen molar-refractivity contribution in [1.82, 2.24) is 9.88 Å². The summed E-state index contributed by atoms with van der Waals surface area (Å²) >= 11 is 0. The van der Waals surface area contributed by atoms with Crippen LogP contribution in [0.25, 0.3) is 6.08 Å².